The first-order valence-corrected chi connectivity index (χ1v) is 20.5. The molecule has 2 aromatic heterocycles. The Morgan fingerprint density at radius 1 is 0.860 bits per heavy atom. The smallest absolute Gasteiger partial charge is 0.419 e. The quantitative estimate of drug-likeness (QED) is 0.0470. The molecule has 306 valence electrons. The molecule has 5 aromatic rings. The van der Waals surface area contributed by atoms with E-state index in [0.717, 1.165) is 32.7 Å². The number of esters is 1. The number of carbonyl (C=O) groups excluding carboxylic acids is 3. The number of hydrogen-bond acceptors (Lipinski definition) is 8. The fourth-order valence-corrected chi connectivity index (χ4v) is 7.31. The predicted molar refractivity (Wildman–Crippen MR) is 224 cm³/mol. The molecule has 0 saturated carbocycles. The minimum absolute atomic E-state index is 0.00714. The van der Waals surface area contributed by atoms with Crippen molar-refractivity contribution < 1.29 is 37.7 Å². The first kappa shape index (κ1) is 43.2. The molecule has 0 aliphatic heterocycles. The van der Waals surface area contributed by atoms with Gasteiger partial charge in [0.2, 0.25) is 0 Å². The second kappa shape index (κ2) is 18.1. The summed E-state index contributed by atoms with van der Waals surface area (Å²) in [4.78, 5) is 41.5. The Balaban J connectivity index is 1.55. The standard InChI is InChI=1S/C44H54BrFN4O7/c1-10-54-40(51)39-31(20-16-26-55-35-21-15-18-29-17-11-12-19-30(29)35)32-22-23-33(46)37(36-28(2)48(9)47-34(36)27-45)38(32)49(39)24-13-14-25-50(41(52)56-43(3,4)5)42(53)57-44(6,7)8/h11-12,15,17-19,21-23H,10,13-14,16,20,24-27H2,1-9H3. The summed E-state index contributed by atoms with van der Waals surface area (Å²) in [5.74, 6) is -0.216. The van der Waals surface area contributed by atoms with Crippen molar-refractivity contribution in [3.63, 3.8) is 0 Å². The van der Waals surface area contributed by atoms with Crippen LogP contribution in [0.4, 0.5) is 14.0 Å². The average Bonchev–Trinajstić information content (AvgIpc) is 3.60. The van der Waals surface area contributed by atoms with E-state index in [1.54, 1.807) is 59.2 Å². The van der Waals surface area contributed by atoms with Gasteiger partial charge in [-0.2, -0.15) is 5.10 Å². The lowest BCUT2D eigenvalue weighted by atomic mass is 9.98. The number of aryl methyl sites for hydroxylation is 3. The SMILES string of the molecule is CCOC(=O)c1c(CCCOc2cccc3ccccc23)c2ccc(F)c(-c3c(CBr)nn(C)c3C)c2n1CCCCN(C(=O)OC(C)(C)C)C(=O)OC(C)(C)C. The monoisotopic (exact) mass is 848 g/mol. The van der Waals surface area contributed by atoms with Gasteiger partial charge in [0.15, 0.2) is 0 Å². The van der Waals surface area contributed by atoms with Crippen molar-refractivity contribution in [3.05, 3.63) is 83.1 Å². The van der Waals surface area contributed by atoms with E-state index >= 15 is 4.39 Å². The van der Waals surface area contributed by atoms with Gasteiger partial charge in [-0.1, -0.05) is 52.3 Å². The highest BCUT2D eigenvalue weighted by molar-refractivity contribution is 9.08. The number of benzene rings is 3. The van der Waals surface area contributed by atoms with Crippen molar-refractivity contribution in [2.45, 2.75) is 104 Å². The number of fused-ring (bicyclic) bond motifs is 2. The Bertz CT molecular complexity index is 2220. The van der Waals surface area contributed by atoms with Crippen LogP contribution >= 0.6 is 15.9 Å². The molecule has 3 aromatic carbocycles. The summed E-state index contributed by atoms with van der Waals surface area (Å²) < 4.78 is 43.1. The number of aromatic nitrogens is 3. The van der Waals surface area contributed by atoms with Gasteiger partial charge >= 0.3 is 18.2 Å². The molecule has 0 spiro atoms. The molecule has 13 heteroatoms. The number of carbonyl (C=O) groups is 3. The zero-order valence-electron chi connectivity index (χ0n) is 34.5. The number of alkyl halides is 1. The minimum Gasteiger partial charge on any atom is -0.493 e. The predicted octanol–water partition coefficient (Wildman–Crippen LogP) is 10.7. The first-order valence-electron chi connectivity index (χ1n) is 19.4. The summed E-state index contributed by atoms with van der Waals surface area (Å²) >= 11 is 3.55. The third-order valence-electron chi connectivity index (χ3n) is 9.35. The number of hydrogen-bond donors (Lipinski definition) is 0. The van der Waals surface area contributed by atoms with Crippen LogP contribution in [0, 0.1) is 12.7 Å². The number of rotatable bonds is 14. The molecular formula is C44H54BrFN4O7. The summed E-state index contributed by atoms with van der Waals surface area (Å²) in [6.07, 6.45) is 0.0909. The molecule has 0 atom stereocenters. The van der Waals surface area contributed by atoms with E-state index in [2.05, 4.69) is 21.0 Å². The van der Waals surface area contributed by atoms with Crippen LogP contribution in [0.1, 0.15) is 95.2 Å². The van der Waals surface area contributed by atoms with Gasteiger partial charge in [0, 0.05) is 53.1 Å². The lowest BCUT2D eigenvalue weighted by Gasteiger charge is -2.28. The molecule has 0 unspecified atom stereocenters. The van der Waals surface area contributed by atoms with E-state index in [-0.39, 0.29) is 19.7 Å². The van der Waals surface area contributed by atoms with Crippen LogP contribution in [-0.2, 0) is 39.6 Å². The highest BCUT2D eigenvalue weighted by atomic mass is 79.9. The molecular weight excluding hydrogens is 795 g/mol. The van der Waals surface area contributed by atoms with Gasteiger partial charge in [-0.15, -0.1) is 0 Å². The van der Waals surface area contributed by atoms with Crippen LogP contribution in [0.2, 0.25) is 0 Å². The van der Waals surface area contributed by atoms with Crippen molar-refractivity contribution >= 4 is 55.8 Å². The van der Waals surface area contributed by atoms with Gasteiger partial charge < -0.3 is 23.5 Å². The molecule has 0 N–H and O–H groups in total. The Kier molecular flexibility index (Phi) is 13.7. The number of imide groups is 1. The van der Waals surface area contributed by atoms with Crippen LogP contribution in [0.5, 0.6) is 5.75 Å². The van der Waals surface area contributed by atoms with Crippen molar-refractivity contribution in [3.8, 4) is 16.9 Å². The van der Waals surface area contributed by atoms with Crippen molar-refractivity contribution in [1.29, 1.82) is 0 Å². The molecule has 11 nitrogen and oxygen atoms in total. The molecule has 57 heavy (non-hydrogen) atoms. The van der Waals surface area contributed by atoms with E-state index < -0.39 is 35.2 Å². The summed E-state index contributed by atoms with van der Waals surface area (Å²) in [5.41, 5.74) is 2.28. The lowest BCUT2D eigenvalue weighted by molar-refractivity contribution is 0.00113. The molecule has 0 aliphatic carbocycles. The molecule has 0 aliphatic rings. The minimum atomic E-state index is -0.842. The summed E-state index contributed by atoms with van der Waals surface area (Å²) in [7, 11) is 1.81. The van der Waals surface area contributed by atoms with Crippen molar-refractivity contribution in [1.82, 2.24) is 19.2 Å². The van der Waals surface area contributed by atoms with E-state index in [0.29, 0.717) is 71.0 Å². The Morgan fingerprint density at radius 2 is 1.53 bits per heavy atom. The van der Waals surface area contributed by atoms with Crippen LogP contribution in [-0.4, -0.2) is 68.4 Å². The topological polar surface area (TPSA) is 114 Å². The average molecular weight is 850 g/mol. The largest absolute Gasteiger partial charge is 0.493 e. The van der Waals surface area contributed by atoms with Crippen molar-refractivity contribution in [2.24, 2.45) is 7.05 Å². The fourth-order valence-electron chi connectivity index (χ4n) is 6.92. The summed E-state index contributed by atoms with van der Waals surface area (Å²) in [6.45, 7) is 14.7. The molecule has 2 heterocycles. The molecule has 2 amide bonds. The van der Waals surface area contributed by atoms with Gasteiger partial charge in [-0.3, -0.25) is 4.68 Å². The summed E-state index contributed by atoms with van der Waals surface area (Å²) in [6, 6.07) is 17.1. The highest BCUT2D eigenvalue weighted by Gasteiger charge is 2.32. The maximum atomic E-state index is 16.4. The summed E-state index contributed by atoms with van der Waals surface area (Å²) in [5, 5.41) is 7.84. The van der Waals surface area contributed by atoms with Crippen molar-refractivity contribution in [2.75, 3.05) is 19.8 Å². The van der Waals surface area contributed by atoms with Gasteiger partial charge in [-0.25, -0.2) is 23.7 Å². The molecule has 0 radical (unpaired) electrons. The van der Waals surface area contributed by atoms with E-state index in [9.17, 15) is 14.4 Å². The van der Waals surface area contributed by atoms with E-state index in [1.165, 1.54) is 6.07 Å². The van der Waals surface area contributed by atoms with Crippen LogP contribution < -0.4 is 4.74 Å². The van der Waals surface area contributed by atoms with E-state index in [1.807, 2.05) is 61.0 Å². The first-order chi connectivity index (χ1) is 27.0. The molecule has 0 fully saturated rings. The number of ether oxygens (including phenoxy) is 4. The van der Waals surface area contributed by atoms with Gasteiger partial charge in [0.1, 0.15) is 28.5 Å². The Morgan fingerprint density at radius 3 is 2.18 bits per heavy atom. The molecule has 0 bridgehead atoms. The maximum absolute atomic E-state index is 16.4. The molecule has 0 saturated heterocycles. The van der Waals surface area contributed by atoms with Gasteiger partial charge in [-0.05, 0) is 110 Å². The van der Waals surface area contributed by atoms with Crippen LogP contribution in [0.25, 0.3) is 32.8 Å². The Labute approximate surface area is 342 Å². The van der Waals surface area contributed by atoms with Crippen LogP contribution in [0.15, 0.2) is 54.6 Å². The van der Waals surface area contributed by atoms with Crippen LogP contribution in [0.3, 0.4) is 0 Å². The number of halogens is 2. The number of unbranched alkanes of at least 4 members (excludes halogenated alkanes) is 1. The highest BCUT2D eigenvalue weighted by Crippen LogP contribution is 2.41. The lowest BCUT2D eigenvalue weighted by Crippen LogP contribution is -2.44. The second-order valence-electron chi connectivity index (χ2n) is 15.9. The zero-order valence-corrected chi connectivity index (χ0v) is 36.0. The van der Waals surface area contributed by atoms with Gasteiger partial charge in [0.25, 0.3) is 0 Å². The third kappa shape index (κ3) is 10.2. The number of nitrogens with zero attached hydrogens (tertiary/aromatic N) is 4. The third-order valence-corrected chi connectivity index (χ3v) is 9.88. The fraction of sp³-hybridized carbons (Fsp3) is 0.455. The van der Waals surface area contributed by atoms with E-state index in [4.69, 9.17) is 18.9 Å². The second-order valence-corrected chi connectivity index (χ2v) is 16.5. The number of amides is 2. The zero-order chi connectivity index (χ0) is 41.7. The normalized spacial score (nSPS) is 11.9. The Hall–Kier alpha value is -4.91. The molecule has 5 rings (SSSR count). The maximum Gasteiger partial charge on any atom is 0.419 e. The van der Waals surface area contributed by atoms with Gasteiger partial charge in [0.05, 0.1) is 24.4 Å².